The van der Waals surface area contributed by atoms with E-state index >= 15 is 0 Å². The number of halogens is 2. The van der Waals surface area contributed by atoms with E-state index in [1.54, 1.807) is 6.08 Å². The largest absolute Gasteiger partial charge is 0.0929 e. The van der Waals surface area contributed by atoms with Crippen LogP contribution in [-0.4, -0.2) is 0 Å². The molecule has 0 aliphatic heterocycles. The zero-order valence-electron chi connectivity index (χ0n) is 7.64. The average molecular weight is 205 g/mol. The molecule has 0 unspecified atom stereocenters. The third-order valence-electron chi connectivity index (χ3n) is 1.64. The van der Waals surface area contributed by atoms with Crippen LogP contribution in [0.5, 0.6) is 0 Å². The van der Waals surface area contributed by atoms with Crippen molar-refractivity contribution in [2.45, 2.75) is 20.8 Å². The molecule has 0 aromatic carbocycles. The number of hydrogen-bond donors (Lipinski definition) is 0. The van der Waals surface area contributed by atoms with Gasteiger partial charge in [-0.05, 0) is 25.0 Å². The van der Waals surface area contributed by atoms with Gasteiger partial charge in [0.25, 0.3) is 0 Å². The lowest BCUT2D eigenvalue weighted by Crippen LogP contribution is -1.86. The molecule has 0 saturated carbocycles. The molecular formula is C10H14Cl2. The molecule has 0 spiro atoms. The van der Waals surface area contributed by atoms with Gasteiger partial charge in [-0.1, -0.05) is 48.7 Å². The highest BCUT2D eigenvalue weighted by molar-refractivity contribution is 6.33. The lowest BCUT2D eigenvalue weighted by Gasteiger charge is -2.01. The second kappa shape index (κ2) is 6.33. The smallest absolute Gasteiger partial charge is 0.0414 e. The molecule has 0 rings (SSSR count). The van der Waals surface area contributed by atoms with E-state index in [4.69, 9.17) is 23.2 Å². The molecular weight excluding hydrogens is 191 g/mol. The molecule has 0 fully saturated rings. The Morgan fingerprint density at radius 2 is 1.83 bits per heavy atom. The summed E-state index contributed by atoms with van der Waals surface area (Å²) in [5.41, 5.74) is 2.70. The Morgan fingerprint density at radius 3 is 2.25 bits per heavy atom. The first-order valence-corrected chi connectivity index (χ1v) is 4.70. The standard InChI is InChI=1S/C10H14Cl2/c1-8(2)9(3)4-5-10(12)6-7-11/h4-8H,1-3H3/b7-6+,9-4+,10-5+. The fourth-order valence-corrected chi connectivity index (χ4v) is 0.845. The van der Waals surface area contributed by atoms with Gasteiger partial charge in [-0.2, -0.15) is 0 Å². The van der Waals surface area contributed by atoms with Crippen LogP contribution in [-0.2, 0) is 0 Å². The van der Waals surface area contributed by atoms with E-state index in [0.29, 0.717) is 11.0 Å². The molecule has 0 radical (unpaired) electrons. The predicted molar refractivity (Wildman–Crippen MR) is 57.5 cm³/mol. The maximum absolute atomic E-state index is 5.77. The molecule has 68 valence electrons. The lowest BCUT2D eigenvalue weighted by molar-refractivity contribution is 0.769. The fourth-order valence-electron chi connectivity index (χ4n) is 0.519. The Kier molecular flexibility index (Phi) is 6.23. The maximum Gasteiger partial charge on any atom is 0.0414 e. The molecule has 0 amide bonds. The van der Waals surface area contributed by atoms with Crippen molar-refractivity contribution < 1.29 is 0 Å². The van der Waals surface area contributed by atoms with Crippen molar-refractivity contribution in [3.63, 3.8) is 0 Å². The summed E-state index contributed by atoms with van der Waals surface area (Å²) in [5.74, 6) is 0.561. The van der Waals surface area contributed by atoms with E-state index in [-0.39, 0.29) is 0 Å². The molecule has 0 N–H and O–H groups in total. The molecule has 0 bridgehead atoms. The van der Waals surface area contributed by atoms with E-state index in [1.807, 2.05) is 12.2 Å². The van der Waals surface area contributed by atoms with Crippen molar-refractivity contribution >= 4 is 23.2 Å². The third kappa shape index (κ3) is 5.45. The molecule has 0 atom stereocenters. The SMILES string of the molecule is C\C(=C/C=C(Cl)\C=C\Cl)C(C)C. The summed E-state index contributed by atoms with van der Waals surface area (Å²) in [6.07, 6.45) is 5.49. The minimum absolute atomic E-state index is 0.561. The Balaban J connectivity index is 4.27. The lowest BCUT2D eigenvalue weighted by atomic mass is 10.1. The third-order valence-corrected chi connectivity index (χ3v) is 2.02. The molecule has 0 nitrogen and oxygen atoms in total. The van der Waals surface area contributed by atoms with Crippen molar-refractivity contribution in [1.82, 2.24) is 0 Å². The van der Waals surface area contributed by atoms with Crippen LogP contribution in [0, 0.1) is 5.92 Å². The first-order chi connectivity index (χ1) is 5.57. The Hall–Kier alpha value is -0.200. The van der Waals surface area contributed by atoms with Crippen molar-refractivity contribution in [3.8, 4) is 0 Å². The van der Waals surface area contributed by atoms with Crippen LogP contribution < -0.4 is 0 Å². The van der Waals surface area contributed by atoms with Crippen LogP contribution in [0.25, 0.3) is 0 Å². The Morgan fingerprint density at radius 1 is 1.25 bits per heavy atom. The number of allylic oxidation sites excluding steroid dienone is 5. The van der Waals surface area contributed by atoms with Gasteiger partial charge in [0, 0.05) is 10.6 Å². The fraction of sp³-hybridized carbons (Fsp3) is 0.400. The summed E-state index contributed by atoms with van der Waals surface area (Å²) in [4.78, 5) is 0. The van der Waals surface area contributed by atoms with Gasteiger partial charge in [-0.25, -0.2) is 0 Å². The highest BCUT2D eigenvalue weighted by Gasteiger charge is 1.93. The van der Waals surface area contributed by atoms with Gasteiger partial charge < -0.3 is 0 Å². The molecule has 2 heteroatoms. The molecule has 0 aliphatic rings. The Labute approximate surface area is 84.6 Å². The van der Waals surface area contributed by atoms with Crippen molar-refractivity contribution in [1.29, 1.82) is 0 Å². The second-order valence-corrected chi connectivity index (χ2v) is 3.60. The zero-order chi connectivity index (χ0) is 9.56. The quantitative estimate of drug-likeness (QED) is 0.596. The minimum atomic E-state index is 0.561. The van der Waals surface area contributed by atoms with E-state index in [0.717, 1.165) is 0 Å². The molecule has 0 saturated heterocycles. The number of rotatable bonds is 3. The van der Waals surface area contributed by atoms with Gasteiger partial charge in [0.15, 0.2) is 0 Å². The van der Waals surface area contributed by atoms with Gasteiger partial charge in [-0.3, -0.25) is 0 Å². The first kappa shape index (κ1) is 11.8. The summed E-state index contributed by atoms with van der Waals surface area (Å²) in [6.45, 7) is 6.37. The van der Waals surface area contributed by atoms with E-state index < -0.39 is 0 Å². The van der Waals surface area contributed by atoms with E-state index in [9.17, 15) is 0 Å². The topological polar surface area (TPSA) is 0 Å². The predicted octanol–water partition coefficient (Wildman–Crippen LogP) is 4.46. The number of hydrogen-bond acceptors (Lipinski definition) is 0. The van der Waals surface area contributed by atoms with Crippen LogP contribution in [0.4, 0.5) is 0 Å². The normalized spacial score (nSPS) is 14.8. The van der Waals surface area contributed by atoms with Crippen LogP contribution in [0.1, 0.15) is 20.8 Å². The van der Waals surface area contributed by atoms with Gasteiger partial charge >= 0.3 is 0 Å². The first-order valence-electron chi connectivity index (χ1n) is 3.88. The van der Waals surface area contributed by atoms with Crippen LogP contribution in [0.2, 0.25) is 0 Å². The molecule has 0 heterocycles. The molecule has 0 aromatic heterocycles. The molecule has 12 heavy (non-hydrogen) atoms. The second-order valence-electron chi connectivity index (χ2n) is 2.91. The minimum Gasteiger partial charge on any atom is -0.0929 e. The highest BCUT2D eigenvalue weighted by Crippen LogP contribution is 2.10. The van der Waals surface area contributed by atoms with Crippen LogP contribution in [0.15, 0.2) is 34.4 Å². The maximum atomic E-state index is 5.77. The summed E-state index contributed by atoms with van der Waals surface area (Å²) in [5, 5.41) is 0.644. The van der Waals surface area contributed by atoms with Crippen molar-refractivity contribution in [2.75, 3.05) is 0 Å². The zero-order valence-corrected chi connectivity index (χ0v) is 9.15. The van der Waals surface area contributed by atoms with Gasteiger partial charge in [0.1, 0.15) is 0 Å². The van der Waals surface area contributed by atoms with Gasteiger partial charge in [0.05, 0.1) is 0 Å². The molecule has 0 aromatic rings. The van der Waals surface area contributed by atoms with Crippen molar-refractivity contribution in [2.24, 2.45) is 5.92 Å². The van der Waals surface area contributed by atoms with Gasteiger partial charge in [-0.15, -0.1) is 0 Å². The van der Waals surface area contributed by atoms with Crippen molar-refractivity contribution in [3.05, 3.63) is 34.4 Å². The summed E-state index contributed by atoms with van der Waals surface area (Å²) in [6, 6.07) is 0. The average Bonchev–Trinajstić information content (AvgIpc) is 2.00. The van der Waals surface area contributed by atoms with E-state index in [2.05, 4.69) is 20.8 Å². The van der Waals surface area contributed by atoms with Gasteiger partial charge in [0.2, 0.25) is 0 Å². The molecule has 0 aliphatic carbocycles. The highest BCUT2D eigenvalue weighted by atomic mass is 35.5. The van der Waals surface area contributed by atoms with Crippen LogP contribution in [0.3, 0.4) is 0 Å². The summed E-state index contributed by atoms with van der Waals surface area (Å²) >= 11 is 11.1. The monoisotopic (exact) mass is 204 g/mol. The summed E-state index contributed by atoms with van der Waals surface area (Å²) < 4.78 is 0. The van der Waals surface area contributed by atoms with Crippen LogP contribution >= 0.6 is 23.2 Å². The Bertz CT molecular complexity index is 210. The summed E-state index contributed by atoms with van der Waals surface area (Å²) in [7, 11) is 0. The van der Waals surface area contributed by atoms with E-state index in [1.165, 1.54) is 11.1 Å².